The number of rotatable bonds is 7. The van der Waals surface area contributed by atoms with Crippen LogP contribution in [0.3, 0.4) is 0 Å². The van der Waals surface area contributed by atoms with Crippen LogP contribution in [0.25, 0.3) is 0 Å². The van der Waals surface area contributed by atoms with Gasteiger partial charge in [0.25, 0.3) is 0 Å². The number of hydrogen-bond acceptors (Lipinski definition) is 6. The Morgan fingerprint density at radius 1 is 1.31 bits per heavy atom. The zero-order valence-electron chi connectivity index (χ0n) is 8.83. The molecule has 0 aliphatic rings. The Morgan fingerprint density at radius 3 is 2.19 bits per heavy atom. The molecule has 0 aromatic heterocycles. The molecular formula is C8H16BNO6. The molecule has 0 spiro atoms. The fourth-order valence-corrected chi connectivity index (χ4v) is 1.06. The molecule has 0 aromatic carbocycles. The largest absolute Gasteiger partial charge is 0.481 e. The van der Waals surface area contributed by atoms with E-state index < -0.39 is 13.1 Å². The summed E-state index contributed by atoms with van der Waals surface area (Å²) in [5, 5.41) is 25.4. The van der Waals surface area contributed by atoms with E-state index in [1.165, 1.54) is 0 Å². The maximum Gasteiger partial charge on any atom is 0.451 e. The van der Waals surface area contributed by atoms with Crippen LogP contribution in [0.1, 0.15) is 25.7 Å². The summed E-state index contributed by atoms with van der Waals surface area (Å²) >= 11 is 0. The first-order chi connectivity index (χ1) is 7.43. The standard InChI is InChI=1S/C7H16BNO4.CO2/c9-6(5-7(10)11)3-1-2-4-8(12)13;2-1-3/h6,12-13H,1-5,9H2,(H,10,11);. The van der Waals surface area contributed by atoms with Crippen LogP contribution in [0.5, 0.6) is 0 Å². The lowest BCUT2D eigenvalue weighted by Crippen LogP contribution is -2.23. The van der Waals surface area contributed by atoms with E-state index in [9.17, 15) is 4.79 Å². The Labute approximate surface area is 93.4 Å². The summed E-state index contributed by atoms with van der Waals surface area (Å²) in [5.41, 5.74) is 5.49. The zero-order chi connectivity index (χ0) is 13.0. The molecule has 0 aliphatic heterocycles. The van der Waals surface area contributed by atoms with Crippen molar-refractivity contribution >= 4 is 19.2 Å². The van der Waals surface area contributed by atoms with Gasteiger partial charge < -0.3 is 20.9 Å². The molecule has 5 N–H and O–H groups in total. The Bertz CT molecular complexity index is 217. The summed E-state index contributed by atoms with van der Waals surface area (Å²) in [7, 11) is -1.27. The minimum atomic E-state index is -1.27. The topological polar surface area (TPSA) is 138 Å². The third kappa shape index (κ3) is 18.6. The second-order valence-corrected chi connectivity index (χ2v) is 3.21. The molecule has 1 unspecified atom stereocenters. The fourth-order valence-electron chi connectivity index (χ4n) is 1.06. The van der Waals surface area contributed by atoms with Crippen molar-refractivity contribution in [2.75, 3.05) is 0 Å². The lowest BCUT2D eigenvalue weighted by molar-refractivity contribution is -0.191. The molecule has 0 amide bonds. The predicted molar refractivity (Wildman–Crippen MR) is 54.1 cm³/mol. The van der Waals surface area contributed by atoms with E-state index in [4.69, 9.17) is 30.5 Å². The van der Waals surface area contributed by atoms with E-state index in [0.29, 0.717) is 19.2 Å². The molecule has 0 fully saturated rings. The number of unbranched alkanes of at least 4 members (excludes halogenated alkanes) is 1. The van der Waals surface area contributed by atoms with Gasteiger partial charge in [0, 0.05) is 6.04 Å². The van der Waals surface area contributed by atoms with Crippen molar-refractivity contribution in [1.29, 1.82) is 0 Å². The lowest BCUT2D eigenvalue weighted by Gasteiger charge is -2.07. The first-order valence-corrected chi connectivity index (χ1v) is 4.76. The average molecular weight is 233 g/mol. The molecule has 0 heterocycles. The van der Waals surface area contributed by atoms with Gasteiger partial charge in [0.05, 0.1) is 6.42 Å². The smallest absolute Gasteiger partial charge is 0.451 e. The molecule has 0 saturated heterocycles. The Kier molecular flexibility index (Phi) is 12.8. The summed E-state index contributed by atoms with van der Waals surface area (Å²) in [5.74, 6) is -0.894. The molecule has 0 rings (SSSR count). The molecule has 7 nitrogen and oxygen atoms in total. The zero-order valence-corrected chi connectivity index (χ0v) is 8.83. The van der Waals surface area contributed by atoms with Gasteiger partial charge in [-0.1, -0.05) is 12.8 Å². The van der Waals surface area contributed by atoms with Crippen LogP contribution in [0, 0.1) is 0 Å². The van der Waals surface area contributed by atoms with Crippen LogP contribution < -0.4 is 5.73 Å². The second kappa shape index (κ2) is 11.9. The van der Waals surface area contributed by atoms with E-state index >= 15 is 0 Å². The predicted octanol–water partition coefficient (Wildman–Crippen LogP) is -1.15. The van der Waals surface area contributed by atoms with Gasteiger partial charge in [0.2, 0.25) is 0 Å². The second-order valence-electron chi connectivity index (χ2n) is 3.21. The van der Waals surface area contributed by atoms with Crippen molar-refractivity contribution in [2.24, 2.45) is 5.73 Å². The molecule has 0 aliphatic carbocycles. The fraction of sp³-hybridized carbons (Fsp3) is 0.750. The number of nitrogens with two attached hydrogens (primary N) is 1. The van der Waals surface area contributed by atoms with E-state index in [1.54, 1.807) is 0 Å². The molecule has 0 bridgehead atoms. The van der Waals surface area contributed by atoms with Crippen molar-refractivity contribution in [2.45, 2.75) is 38.0 Å². The highest BCUT2D eigenvalue weighted by Crippen LogP contribution is 2.05. The number of hydrogen-bond donors (Lipinski definition) is 4. The summed E-state index contributed by atoms with van der Waals surface area (Å²) in [6, 6.07) is -0.326. The van der Waals surface area contributed by atoms with Crippen LogP contribution in [0.15, 0.2) is 0 Å². The van der Waals surface area contributed by atoms with E-state index in [-0.39, 0.29) is 18.6 Å². The van der Waals surface area contributed by atoms with E-state index in [0.717, 1.165) is 6.42 Å². The van der Waals surface area contributed by atoms with Gasteiger partial charge in [-0.05, 0) is 12.7 Å². The maximum absolute atomic E-state index is 10.2. The van der Waals surface area contributed by atoms with Gasteiger partial charge >= 0.3 is 19.2 Å². The number of carboxylic acid groups (broad SMARTS) is 1. The van der Waals surface area contributed by atoms with E-state index in [2.05, 4.69) is 0 Å². The normalized spacial score (nSPS) is 10.7. The van der Waals surface area contributed by atoms with Crippen LogP contribution >= 0.6 is 0 Å². The Balaban J connectivity index is 0. The highest BCUT2D eigenvalue weighted by Gasteiger charge is 2.09. The number of aliphatic carboxylic acids is 1. The van der Waals surface area contributed by atoms with Gasteiger partial charge in [-0.2, -0.15) is 9.59 Å². The van der Waals surface area contributed by atoms with Gasteiger partial charge in [0.15, 0.2) is 0 Å². The average Bonchev–Trinajstić information content (AvgIpc) is 2.12. The van der Waals surface area contributed by atoms with Crippen molar-refractivity contribution in [3.63, 3.8) is 0 Å². The first kappa shape index (κ1) is 17.2. The van der Waals surface area contributed by atoms with Crippen molar-refractivity contribution < 1.29 is 29.5 Å². The third-order valence-corrected chi connectivity index (χ3v) is 1.72. The van der Waals surface area contributed by atoms with E-state index in [1.807, 2.05) is 0 Å². The summed E-state index contributed by atoms with van der Waals surface area (Å²) in [6.07, 6.45) is 2.54. The number of carboxylic acids is 1. The molecule has 16 heavy (non-hydrogen) atoms. The van der Waals surface area contributed by atoms with Gasteiger partial charge in [0.1, 0.15) is 0 Å². The molecule has 0 saturated carbocycles. The lowest BCUT2D eigenvalue weighted by atomic mass is 9.83. The summed E-state index contributed by atoms with van der Waals surface area (Å²) < 4.78 is 0. The Hall–Kier alpha value is -1.21. The number of carbonyl (C=O) groups excluding carboxylic acids is 2. The minimum Gasteiger partial charge on any atom is -0.481 e. The van der Waals surface area contributed by atoms with Crippen molar-refractivity contribution in [3.8, 4) is 0 Å². The maximum atomic E-state index is 10.2. The third-order valence-electron chi connectivity index (χ3n) is 1.72. The Morgan fingerprint density at radius 2 is 1.81 bits per heavy atom. The van der Waals surface area contributed by atoms with Crippen LogP contribution in [-0.2, 0) is 14.4 Å². The SMILES string of the molecule is NC(CCCCB(O)O)CC(=O)O.O=C=O. The molecular weight excluding hydrogens is 217 g/mol. The van der Waals surface area contributed by atoms with Gasteiger partial charge in [-0.3, -0.25) is 4.79 Å². The van der Waals surface area contributed by atoms with Crippen LogP contribution in [-0.4, -0.2) is 40.4 Å². The highest BCUT2D eigenvalue weighted by atomic mass is 16.4. The monoisotopic (exact) mass is 233 g/mol. The van der Waals surface area contributed by atoms with Gasteiger partial charge in [-0.15, -0.1) is 0 Å². The molecule has 0 aromatic rings. The molecule has 92 valence electrons. The molecule has 1 atom stereocenters. The van der Waals surface area contributed by atoms with Crippen molar-refractivity contribution in [3.05, 3.63) is 0 Å². The van der Waals surface area contributed by atoms with Crippen molar-refractivity contribution in [1.82, 2.24) is 0 Å². The molecule has 8 heteroatoms. The van der Waals surface area contributed by atoms with Crippen LogP contribution in [0.4, 0.5) is 0 Å². The first-order valence-electron chi connectivity index (χ1n) is 4.76. The summed E-state index contributed by atoms with van der Waals surface area (Å²) in [6.45, 7) is 0. The van der Waals surface area contributed by atoms with Gasteiger partial charge in [-0.25, -0.2) is 0 Å². The van der Waals surface area contributed by atoms with Crippen LogP contribution in [0.2, 0.25) is 6.32 Å². The minimum absolute atomic E-state index is 0.0261. The molecule has 0 radical (unpaired) electrons. The number of carbonyl (C=O) groups is 1. The highest BCUT2D eigenvalue weighted by molar-refractivity contribution is 6.40. The summed E-state index contributed by atoms with van der Waals surface area (Å²) in [4.78, 5) is 26.4. The quantitative estimate of drug-likeness (QED) is 0.321.